The lowest BCUT2D eigenvalue weighted by atomic mass is 9.93. The molecule has 3 fully saturated rings. The standard InChI is InChI=1S/C38H41F3N4O2/c1-47-30-13-14-33-31(24-30)34(36(46)43-37(17-18-37)27-10-4-2-5-11-27)32(35(42-33)26-9-8-12-28(23-26)38(39,40)41)25-44-21-15-29(16-22-44)45-19-6-3-7-20-45/h2,4-5,8-14,23-24,29H,3,6-7,15-22,25H2,1H3,(H,43,46). The number of benzene rings is 3. The zero-order chi connectivity index (χ0) is 32.6. The number of halogens is 3. The van der Waals surface area contributed by atoms with Crippen molar-refractivity contribution < 1.29 is 22.7 Å². The van der Waals surface area contributed by atoms with Crippen LogP contribution in [0.1, 0.15) is 72.0 Å². The molecule has 4 aromatic rings. The first-order chi connectivity index (χ1) is 22.7. The van der Waals surface area contributed by atoms with Crippen molar-refractivity contribution in [2.75, 3.05) is 33.3 Å². The summed E-state index contributed by atoms with van der Waals surface area (Å²) in [6.07, 6.45) is 2.95. The number of carbonyl (C=O) groups is 1. The molecule has 3 heterocycles. The number of rotatable bonds is 8. The Balaban J connectivity index is 1.33. The van der Waals surface area contributed by atoms with E-state index in [-0.39, 0.29) is 5.91 Å². The second-order valence-electron chi connectivity index (χ2n) is 13.3. The van der Waals surface area contributed by atoms with Gasteiger partial charge in [-0.2, -0.15) is 13.2 Å². The SMILES string of the molecule is COc1ccc2nc(-c3cccc(C(F)(F)F)c3)c(CN3CCC(N4CCCCC4)CC3)c(C(=O)NC3(c4ccccc4)CC3)c2c1. The molecule has 9 heteroatoms. The van der Waals surface area contributed by atoms with Crippen molar-refractivity contribution in [2.24, 2.45) is 0 Å². The van der Waals surface area contributed by atoms with E-state index in [1.165, 1.54) is 25.3 Å². The van der Waals surface area contributed by atoms with Crippen LogP contribution in [0.3, 0.4) is 0 Å². The molecule has 47 heavy (non-hydrogen) atoms. The quantitative estimate of drug-likeness (QED) is 0.213. The molecular formula is C38H41F3N4O2. The number of aromatic nitrogens is 1. The Morgan fingerprint density at radius 3 is 2.36 bits per heavy atom. The number of nitrogens with one attached hydrogen (secondary N) is 1. The van der Waals surface area contributed by atoms with Crippen LogP contribution in [0.4, 0.5) is 13.2 Å². The molecule has 246 valence electrons. The first kappa shape index (κ1) is 31.6. The number of piperidine rings is 2. The predicted molar refractivity (Wildman–Crippen MR) is 177 cm³/mol. The topological polar surface area (TPSA) is 57.7 Å². The minimum absolute atomic E-state index is 0.251. The summed E-state index contributed by atoms with van der Waals surface area (Å²) in [5.74, 6) is 0.330. The van der Waals surface area contributed by atoms with Crippen LogP contribution < -0.4 is 10.1 Å². The number of fused-ring (bicyclic) bond motifs is 1. The maximum atomic E-state index is 14.6. The third-order valence-corrected chi connectivity index (χ3v) is 10.3. The van der Waals surface area contributed by atoms with Gasteiger partial charge in [0.25, 0.3) is 5.91 Å². The number of likely N-dealkylation sites (tertiary alicyclic amines) is 2. The Morgan fingerprint density at radius 1 is 0.936 bits per heavy atom. The Bertz CT molecular complexity index is 1740. The van der Waals surface area contributed by atoms with E-state index in [0.717, 1.165) is 69.6 Å². The number of methoxy groups -OCH3 is 1. The highest BCUT2D eigenvalue weighted by Gasteiger charge is 2.46. The molecule has 0 atom stereocenters. The summed E-state index contributed by atoms with van der Waals surface area (Å²) in [6, 6.07) is 21.2. The highest BCUT2D eigenvalue weighted by Crippen LogP contribution is 2.46. The number of carbonyl (C=O) groups excluding carboxylic acids is 1. The van der Waals surface area contributed by atoms with Crippen molar-refractivity contribution in [2.45, 2.75) is 69.2 Å². The van der Waals surface area contributed by atoms with Gasteiger partial charge in [-0.15, -0.1) is 0 Å². The van der Waals surface area contributed by atoms with E-state index in [1.807, 2.05) is 36.4 Å². The number of nitrogens with zero attached hydrogens (tertiary/aromatic N) is 3. The van der Waals surface area contributed by atoms with Crippen LogP contribution in [-0.2, 0) is 18.3 Å². The smallest absolute Gasteiger partial charge is 0.416 e. The zero-order valence-corrected chi connectivity index (χ0v) is 26.8. The average molecular weight is 643 g/mol. The number of ether oxygens (including phenoxy) is 1. The lowest BCUT2D eigenvalue weighted by Crippen LogP contribution is -2.46. The minimum Gasteiger partial charge on any atom is -0.497 e. The fraction of sp³-hybridized carbons (Fsp3) is 0.421. The zero-order valence-electron chi connectivity index (χ0n) is 26.8. The summed E-state index contributed by atoms with van der Waals surface area (Å²) in [5, 5.41) is 3.98. The van der Waals surface area contributed by atoms with E-state index in [9.17, 15) is 18.0 Å². The fourth-order valence-corrected chi connectivity index (χ4v) is 7.50. The van der Waals surface area contributed by atoms with Crippen LogP contribution in [0, 0.1) is 0 Å². The van der Waals surface area contributed by atoms with Gasteiger partial charge in [-0.25, -0.2) is 4.98 Å². The first-order valence-corrected chi connectivity index (χ1v) is 16.8. The van der Waals surface area contributed by atoms with Crippen LogP contribution in [0.25, 0.3) is 22.2 Å². The molecule has 0 spiro atoms. The van der Waals surface area contributed by atoms with E-state index < -0.39 is 17.3 Å². The molecule has 0 bridgehead atoms. The van der Waals surface area contributed by atoms with E-state index in [4.69, 9.17) is 9.72 Å². The molecule has 1 amide bonds. The maximum absolute atomic E-state index is 14.6. The molecule has 1 N–H and O–H groups in total. The van der Waals surface area contributed by atoms with Crippen molar-refractivity contribution in [1.29, 1.82) is 0 Å². The van der Waals surface area contributed by atoms with Gasteiger partial charge in [0.1, 0.15) is 5.75 Å². The second-order valence-corrected chi connectivity index (χ2v) is 13.3. The summed E-state index contributed by atoms with van der Waals surface area (Å²) in [5.41, 5.74) is 2.18. The summed E-state index contributed by atoms with van der Waals surface area (Å²) < 4.78 is 47.4. The molecule has 1 aliphatic carbocycles. The molecule has 2 saturated heterocycles. The van der Waals surface area contributed by atoms with E-state index in [0.29, 0.717) is 51.6 Å². The highest BCUT2D eigenvalue weighted by atomic mass is 19.4. The third kappa shape index (κ3) is 6.61. The molecule has 3 aliphatic rings. The molecular weight excluding hydrogens is 601 g/mol. The molecule has 3 aromatic carbocycles. The van der Waals surface area contributed by atoms with Gasteiger partial charge in [-0.3, -0.25) is 9.69 Å². The van der Waals surface area contributed by atoms with Gasteiger partial charge in [-0.1, -0.05) is 48.9 Å². The number of amides is 1. The van der Waals surface area contributed by atoms with Crippen molar-refractivity contribution in [3.05, 3.63) is 95.1 Å². The Kier molecular flexibility index (Phi) is 8.70. The Labute approximate surface area is 273 Å². The van der Waals surface area contributed by atoms with Gasteiger partial charge in [0.2, 0.25) is 0 Å². The number of hydrogen-bond acceptors (Lipinski definition) is 5. The Morgan fingerprint density at radius 2 is 1.68 bits per heavy atom. The van der Waals surface area contributed by atoms with Crippen molar-refractivity contribution in [3.63, 3.8) is 0 Å². The largest absolute Gasteiger partial charge is 0.497 e. The highest BCUT2D eigenvalue weighted by molar-refractivity contribution is 6.09. The number of alkyl halides is 3. The summed E-state index contributed by atoms with van der Waals surface area (Å²) >= 11 is 0. The molecule has 2 aliphatic heterocycles. The molecule has 1 saturated carbocycles. The molecule has 0 radical (unpaired) electrons. The van der Waals surface area contributed by atoms with Crippen LogP contribution >= 0.6 is 0 Å². The van der Waals surface area contributed by atoms with Crippen molar-refractivity contribution >= 4 is 16.8 Å². The summed E-state index contributed by atoms with van der Waals surface area (Å²) in [6.45, 7) is 4.38. The third-order valence-electron chi connectivity index (χ3n) is 10.3. The number of hydrogen-bond donors (Lipinski definition) is 1. The second kappa shape index (κ2) is 12.9. The van der Waals surface area contributed by atoms with Crippen LogP contribution in [0.2, 0.25) is 0 Å². The average Bonchev–Trinajstić information content (AvgIpc) is 3.89. The van der Waals surface area contributed by atoms with Crippen molar-refractivity contribution in [1.82, 2.24) is 20.1 Å². The van der Waals surface area contributed by atoms with Gasteiger partial charge < -0.3 is 15.0 Å². The van der Waals surface area contributed by atoms with E-state index in [1.54, 1.807) is 25.3 Å². The lowest BCUT2D eigenvalue weighted by Gasteiger charge is -2.40. The summed E-state index contributed by atoms with van der Waals surface area (Å²) in [4.78, 5) is 24.6. The van der Waals surface area contributed by atoms with Crippen molar-refractivity contribution in [3.8, 4) is 17.0 Å². The molecule has 0 unspecified atom stereocenters. The normalized spacial score (nSPS) is 19.1. The Hall–Kier alpha value is -3.95. The van der Waals surface area contributed by atoms with Gasteiger partial charge in [0, 0.05) is 29.1 Å². The van der Waals surface area contributed by atoms with Crippen LogP contribution in [-0.4, -0.2) is 60.0 Å². The fourth-order valence-electron chi connectivity index (χ4n) is 7.50. The van der Waals surface area contributed by atoms with Gasteiger partial charge in [-0.05, 0) is 101 Å². The minimum atomic E-state index is -4.51. The molecule has 1 aromatic heterocycles. The van der Waals surface area contributed by atoms with Gasteiger partial charge in [0.05, 0.1) is 35.0 Å². The summed E-state index contributed by atoms with van der Waals surface area (Å²) in [7, 11) is 1.58. The van der Waals surface area contributed by atoms with E-state index in [2.05, 4.69) is 15.1 Å². The first-order valence-electron chi connectivity index (χ1n) is 16.8. The van der Waals surface area contributed by atoms with Gasteiger partial charge in [0.15, 0.2) is 0 Å². The maximum Gasteiger partial charge on any atom is 0.416 e. The predicted octanol–water partition coefficient (Wildman–Crippen LogP) is 7.80. The lowest BCUT2D eigenvalue weighted by molar-refractivity contribution is -0.137. The molecule has 7 rings (SSSR count). The van der Waals surface area contributed by atoms with Crippen LogP contribution in [0.5, 0.6) is 5.75 Å². The molecule has 6 nitrogen and oxygen atoms in total. The van der Waals surface area contributed by atoms with Crippen LogP contribution in [0.15, 0.2) is 72.8 Å². The monoisotopic (exact) mass is 642 g/mol. The van der Waals surface area contributed by atoms with Gasteiger partial charge >= 0.3 is 6.18 Å². The number of pyridine rings is 1. The van der Waals surface area contributed by atoms with E-state index >= 15 is 0 Å².